The van der Waals surface area contributed by atoms with E-state index in [-0.39, 0.29) is 0 Å². The normalized spacial score (nSPS) is 16.1. The lowest BCUT2D eigenvalue weighted by molar-refractivity contribution is 0.346. The van der Waals surface area contributed by atoms with Gasteiger partial charge in [0.25, 0.3) is 0 Å². The van der Waals surface area contributed by atoms with E-state index in [1.54, 1.807) is 11.1 Å². The van der Waals surface area contributed by atoms with Crippen molar-refractivity contribution in [2.45, 2.75) is 170 Å². The van der Waals surface area contributed by atoms with Gasteiger partial charge in [-0.25, -0.2) is 0 Å². The van der Waals surface area contributed by atoms with E-state index in [0.29, 0.717) is 17.3 Å². The maximum atomic E-state index is 4.44. The van der Waals surface area contributed by atoms with Gasteiger partial charge in [0.15, 0.2) is 0 Å². The quantitative estimate of drug-likeness (QED) is 0.130. The summed E-state index contributed by atoms with van der Waals surface area (Å²) in [6, 6.07) is 0. The van der Waals surface area contributed by atoms with E-state index in [9.17, 15) is 0 Å². The first-order valence-corrected chi connectivity index (χ1v) is 16.2. The molecule has 36 heavy (non-hydrogen) atoms. The van der Waals surface area contributed by atoms with Crippen LogP contribution in [-0.4, -0.2) is 0 Å². The summed E-state index contributed by atoms with van der Waals surface area (Å²) in [5.74, 6) is 2.19. The minimum absolute atomic E-state index is 0.436. The standard InChI is InChI=1S/C36H66/c1-10-12-14-16-18-20-24-33(25-21-19-17-15-13-11-2)27-26-30(4)35-32(6)31(5)34(35)29(3)23-22-28-36(7,8)9/h29-30,33H,5-6,10-28H2,1-4,7-9H3. The van der Waals surface area contributed by atoms with Gasteiger partial charge in [0.1, 0.15) is 0 Å². The molecule has 1 aliphatic carbocycles. The Morgan fingerprint density at radius 2 is 0.944 bits per heavy atom. The van der Waals surface area contributed by atoms with Gasteiger partial charge in [-0.2, -0.15) is 0 Å². The van der Waals surface area contributed by atoms with Gasteiger partial charge >= 0.3 is 0 Å². The van der Waals surface area contributed by atoms with Gasteiger partial charge in [-0.05, 0) is 71.1 Å². The summed E-state index contributed by atoms with van der Waals surface area (Å²) in [5.41, 5.74) is 6.12. The predicted molar refractivity (Wildman–Crippen MR) is 166 cm³/mol. The zero-order chi connectivity index (χ0) is 27.0. The highest BCUT2D eigenvalue weighted by Crippen LogP contribution is 2.48. The van der Waals surface area contributed by atoms with Crippen LogP contribution in [0.5, 0.6) is 0 Å². The largest absolute Gasteiger partial charge is 0.0909 e. The van der Waals surface area contributed by atoms with E-state index in [1.165, 1.54) is 133 Å². The van der Waals surface area contributed by atoms with Crippen LogP contribution in [-0.2, 0) is 0 Å². The Morgan fingerprint density at radius 1 is 0.528 bits per heavy atom. The van der Waals surface area contributed by atoms with Gasteiger partial charge in [0.2, 0.25) is 0 Å². The Labute approximate surface area is 228 Å². The third-order valence-electron chi connectivity index (χ3n) is 8.79. The topological polar surface area (TPSA) is 0 Å². The van der Waals surface area contributed by atoms with Crippen LogP contribution in [0.25, 0.3) is 0 Å². The van der Waals surface area contributed by atoms with Crippen molar-refractivity contribution >= 4 is 0 Å². The van der Waals surface area contributed by atoms with Gasteiger partial charge < -0.3 is 0 Å². The van der Waals surface area contributed by atoms with E-state index in [0.717, 1.165) is 5.92 Å². The van der Waals surface area contributed by atoms with Crippen LogP contribution in [0.4, 0.5) is 0 Å². The van der Waals surface area contributed by atoms with Crippen LogP contribution in [0.1, 0.15) is 170 Å². The van der Waals surface area contributed by atoms with Crippen LogP contribution in [0.15, 0.2) is 35.5 Å². The molecule has 0 aromatic heterocycles. The van der Waals surface area contributed by atoms with E-state index in [4.69, 9.17) is 0 Å². The van der Waals surface area contributed by atoms with E-state index < -0.39 is 0 Å². The molecule has 0 heterocycles. The van der Waals surface area contributed by atoms with Crippen LogP contribution in [0.3, 0.4) is 0 Å². The molecule has 0 aromatic carbocycles. The number of rotatable bonds is 22. The second-order valence-corrected chi connectivity index (χ2v) is 13.6. The summed E-state index contributed by atoms with van der Waals surface area (Å²) in [6.45, 7) is 25.5. The summed E-state index contributed by atoms with van der Waals surface area (Å²) in [7, 11) is 0. The molecule has 1 rings (SSSR count). The summed E-state index contributed by atoms with van der Waals surface area (Å²) in [6.07, 6.45) is 26.6. The van der Waals surface area contributed by atoms with Crippen LogP contribution < -0.4 is 0 Å². The maximum absolute atomic E-state index is 4.44. The zero-order valence-electron chi connectivity index (χ0n) is 26.1. The van der Waals surface area contributed by atoms with Crippen LogP contribution in [0, 0.1) is 23.2 Å². The van der Waals surface area contributed by atoms with Gasteiger partial charge in [0, 0.05) is 0 Å². The number of unbranched alkanes of at least 4 members (excludes halogenated alkanes) is 10. The third kappa shape index (κ3) is 13.1. The number of hydrogen-bond donors (Lipinski definition) is 0. The zero-order valence-corrected chi connectivity index (χ0v) is 26.1. The lowest BCUT2D eigenvalue weighted by atomic mass is 9.67. The van der Waals surface area contributed by atoms with Crippen molar-refractivity contribution in [1.29, 1.82) is 0 Å². The van der Waals surface area contributed by atoms with Crippen molar-refractivity contribution in [3.63, 3.8) is 0 Å². The summed E-state index contributed by atoms with van der Waals surface area (Å²) in [5, 5.41) is 0. The summed E-state index contributed by atoms with van der Waals surface area (Å²) in [4.78, 5) is 0. The van der Waals surface area contributed by atoms with Crippen molar-refractivity contribution in [1.82, 2.24) is 0 Å². The molecule has 0 fully saturated rings. The molecule has 0 amide bonds. The molecular formula is C36H66. The molecule has 0 N–H and O–H groups in total. The molecule has 0 heteroatoms. The highest BCUT2D eigenvalue weighted by Gasteiger charge is 2.32. The number of allylic oxidation sites excluding steroid dienone is 4. The number of hydrogen-bond acceptors (Lipinski definition) is 0. The van der Waals surface area contributed by atoms with E-state index >= 15 is 0 Å². The van der Waals surface area contributed by atoms with Crippen molar-refractivity contribution in [2.24, 2.45) is 23.2 Å². The average Bonchev–Trinajstić information content (AvgIpc) is 2.82. The molecule has 0 radical (unpaired) electrons. The van der Waals surface area contributed by atoms with Crippen molar-refractivity contribution < 1.29 is 0 Å². The summed E-state index contributed by atoms with van der Waals surface area (Å²) >= 11 is 0. The lowest BCUT2D eigenvalue weighted by Crippen LogP contribution is -2.22. The second-order valence-electron chi connectivity index (χ2n) is 13.6. The highest BCUT2D eigenvalue weighted by molar-refractivity contribution is 5.68. The lowest BCUT2D eigenvalue weighted by Gasteiger charge is -2.37. The first-order chi connectivity index (χ1) is 17.1. The van der Waals surface area contributed by atoms with Gasteiger partial charge in [-0.15, -0.1) is 0 Å². The predicted octanol–water partition coefficient (Wildman–Crippen LogP) is 12.8. The molecule has 210 valence electrons. The first kappa shape index (κ1) is 33.2. The SMILES string of the molecule is C=C1C(=C)C(C(C)CCC(CCCCCCCC)CCCCCCCC)=C1C(C)CCCC(C)(C)C. The molecule has 0 bridgehead atoms. The van der Waals surface area contributed by atoms with Crippen molar-refractivity contribution in [2.75, 3.05) is 0 Å². The third-order valence-corrected chi connectivity index (χ3v) is 8.79. The molecule has 0 saturated heterocycles. The van der Waals surface area contributed by atoms with Crippen molar-refractivity contribution in [3.8, 4) is 0 Å². The minimum atomic E-state index is 0.436. The molecule has 0 spiro atoms. The molecule has 0 nitrogen and oxygen atoms in total. The molecule has 1 aliphatic rings. The minimum Gasteiger partial charge on any atom is -0.0909 e. The fourth-order valence-corrected chi connectivity index (χ4v) is 6.29. The van der Waals surface area contributed by atoms with Crippen LogP contribution >= 0.6 is 0 Å². The Bertz CT molecular complexity index is 623. The van der Waals surface area contributed by atoms with Gasteiger partial charge in [-0.1, -0.05) is 158 Å². The molecular weight excluding hydrogens is 432 g/mol. The Hall–Kier alpha value is -0.780. The molecule has 0 aromatic rings. The van der Waals surface area contributed by atoms with Gasteiger partial charge in [0.05, 0.1) is 0 Å². The Morgan fingerprint density at radius 3 is 1.39 bits per heavy atom. The maximum Gasteiger partial charge on any atom is -0.0181 e. The highest BCUT2D eigenvalue weighted by atomic mass is 14.4. The fourth-order valence-electron chi connectivity index (χ4n) is 6.29. The van der Waals surface area contributed by atoms with Crippen molar-refractivity contribution in [3.05, 3.63) is 35.5 Å². The summed E-state index contributed by atoms with van der Waals surface area (Å²) < 4.78 is 0. The van der Waals surface area contributed by atoms with E-state index in [2.05, 4.69) is 61.6 Å². The smallest absolute Gasteiger partial charge is 0.0181 e. The molecule has 0 aliphatic heterocycles. The molecule has 2 atom stereocenters. The van der Waals surface area contributed by atoms with E-state index in [1.807, 2.05) is 0 Å². The fraction of sp³-hybridized carbons (Fsp3) is 0.833. The molecule has 2 unspecified atom stereocenters. The van der Waals surface area contributed by atoms with Crippen LogP contribution in [0.2, 0.25) is 0 Å². The average molecular weight is 499 g/mol. The monoisotopic (exact) mass is 499 g/mol. The first-order valence-electron chi connectivity index (χ1n) is 16.2. The second kappa shape index (κ2) is 18.5. The Balaban J connectivity index is 2.63. The molecule has 0 saturated carbocycles. The van der Waals surface area contributed by atoms with Gasteiger partial charge in [-0.3, -0.25) is 0 Å². The Kier molecular flexibility index (Phi) is 17.1.